The van der Waals surface area contributed by atoms with Crippen LogP contribution in [0.2, 0.25) is 0 Å². The van der Waals surface area contributed by atoms with E-state index in [2.05, 4.69) is 4.90 Å². The normalized spacial score (nSPS) is 42.5. The van der Waals surface area contributed by atoms with E-state index in [1.165, 1.54) is 32.1 Å². The molecule has 3 atom stereocenters. The number of fused-ring (bicyclic) bond motifs is 1. The Morgan fingerprint density at radius 2 is 2.06 bits per heavy atom. The zero-order valence-corrected chi connectivity index (χ0v) is 11.3. The van der Waals surface area contributed by atoms with E-state index < -0.39 is 0 Å². The summed E-state index contributed by atoms with van der Waals surface area (Å²) in [7, 11) is 0. The number of nitrogens with zero attached hydrogens (tertiary/aromatic N) is 1. The molecule has 18 heavy (non-hydrogen) atoms. The molecule has 1 aliphatic carbocycles. The molecule has 2 aliphatic heterocycles. The lowest BCUT2D eigenvalue weighted by atomic mass is 9.83. The van der Waals surface area contributed by atoms with Crippen molar-refractivity contribution in [1.82, 2.24) is 4.90 Å². The van der Waals surface area contributed by atoms with Gasteiger partial charge in [0.1, 0.15) is 0 Å². The second-order valence-electron chi connectivity index (χ2n) is 6.04. The molecule has 104 valence electrons. The van der Waals surface area contributed by atoms with Gasteiger partial charge in [-0.2, -0.15) is 0 Å². The molecule has 2 saturated heterocycles. The first kappa shape index (κ1) is 12.9. The predicted octanol–water partition coefficient (Wildman–Crippen LogP) is 1.14. The summed E-state index contributed by atoms with van der Waals surface area (Å²) in [5.74, 6) is 0. The van der Waals surface area contributed by atoms with Gasteiger partial charge in [0.25, 0.3) is 0 Å². The molecule has 3 fully saturated rings. The number of rotatable bonds is 2. The quantitative estimate of drug-likeness (QED) is 0.803. The third-order valence-electron chi connectivity index (χ3n) is 5.02. The highest BCUT2D eigenvalue weighted by Crippen LogP contribution is 2.36. The zero-order valence-electron chi connectivity index (χ0n) is 11.3. The molecule has 0 spiro atoms. The fourth-order valence-corrected chi connectivity index (χ4v) is 4.03. The molecule has 2 N–H and O–H groups in total. The molecule has 0 amide bonds. The van der Waals surface area contributed by atoms with Crippen molar-refractivity contribution in [2.45, 2.75) is 56.2 Å². The molecule has 2 heterocycles. The summed E-state index contributed by atoms with van der Waals surface area (Å²) < 4.78 is 11.7. The van der Waals surface area contributed by atoms with E-state index in [1.54, 1.807) is 0 Å². The van der Waals surface area contributed by atoms with Gasteiger partial charge in [0.05, 0.1) is 24.9 Å². The Labute approximate surface area is 110 Å². The first-order valence-corrected chi connectivity index (χ1v) is 7.52. The second-order valence-corrected chi connectivity index (χ2v) is 6.04. The average molecular weight is 254 g/mol. The van der Waals surface area contributed by atoms with E-state index in [1.807, 2.05) is 0 Å². The first-order chi connectivity index (χ1) is 8.86. The zero-order chi connectivity index (χ0) is 12.4. The molecule has 0 bridgehead atoms. The van der Waals surface area contributed by atoms with Gasteiger partial charge in [-0.3, -0.25) is 4.90 Å². The van der Waals surface area contributed by atoms with Gasteiger partial charge in [-0.1, -0.05) is 12.8 Å². The Bertz CT molecular complexity index is 277. The van der Waals surface area contributed by atoms with Crippen LogP contribution >= 0.6 is 0 Å². The van der Waals surface area contributed by atoms with E-state index in [9.17, 15) is 0 Å². The maximum absolute atomic E-state index is 6.13. The predicted molar refractivity (Wildman–Crippen MR) is 70.5 cm³/mol. The minimum Gasteiger partial charge on any atom is -0.379 e. The monoisotopic (exact) mass is 254 g/mol. The van der Waals surface area contributed by atoms with Gasteiger partial charge in [0, 0.05) is 25.7 Å². The molecule has 4 heteroatoms. The van der Waals surface area contributed by atoms with Gasteiger partial charge in [0.15, 0.2) is 0 Å². The number of hydrogen-bond donors (Lipinski definition) is 1. The lowest BCUT2D eigenvalue weighted by Crippen LogP contribution is -2.67. The van der Waals surface area contributed by atoms with Crippen LogP contribution < -0.4 is 5.73 Å². The van der Waals surface area contributed by atoms with Crippen molar-refractivity contribution in [2.24, 2.45) is 5.73 Å². The summed E-state index contributed by atoms with van der Waals surface area (Å²) in [5, 5.41) is 0. The van der Waals surface area contributed by atoms with E-state index in [4.69, 9.17) is 15.2 Å². The highest BCUT2D eigenvalue weighted by atomic mass is 16.5. The van der Waals surface area contributed by atoms with E-state index in [0.717, 1.165) is 39.3 Å². The van der Waals surface area contributed by atoms with Gasteiger partial charge < -0.3 is 15.2 Å². The third-order valence-corrected chi connectivity index (χ3v) is 5.02. The van der Waals surface area contributed by atoms with Crippen molar-refractivity contribution >= 4 is 0 Å². The fourth-order valence-electron chi connectivity index (χ4n) is 4.03. The number of ether oxygens (including phenoxy) is 2. The molecule has 3 rings (SSSR count). The minimum atomic E-state index is 0.0856. The largest absolute Gasteiger partial charge is 0.379 e. The number of hydrogen-bond acceptors (Lipinski definition) is 4. The molecular formula is C14H26N2O2. The Balaban J connectivity index is 1.79. The van der Waals surface area contributed by atoms with Crippen molar-refractivity contribution in [2.75, 3.05) is 32.9 Å². The summed E-state index contributed by atoms with van der Waals surface area (Å²) in [6.07, 6.45) is 7.93. The van der Waals surface area contributed by atoms with Crippen molar-refractivity contribution in [1.29, 1.82) is 0 Å². The van der Waals surface area contributed by atoms with Crippen molar-refractivity contribution in [3.05, 3.63) is 0 Å². The van der Waals surface area contributed by atoms with Crippen LogP contribution in [-0.2, 0) is 9.47 Å². The summed E-state index contributed by atoms with van der Waals surface area (Å²) in [4.78, 5) is 2.65. The van der Waals surface area contributed by atoms with Crippen LogP contribution in [-0.4, -0.2) is 55.5 Å². The molecule has 0 radical (unpaired) electrons. The second kappa shape index (κ2) is 5.45. The van der Waals surface area contributed by atoms with Crippen LogP contribution in [0.3, 0.4) is 0 Å². The number of morpholine rings is 1. The van der Waals surface area contributed by atoms with Gasteiger partial charge in [0.2, 0.25) is 0 Å². The van der Waals surface area contributed by atoms with Gasteiger partial charge >= 0.3 is 0 Å². The number of nitrogens with two attached hydrogens (primary N) is 1. The highest BCUT2D eigenvalue weighted by molar-refractivity contribution is 5.00. The molecule has 3 aliphatic rings. The molecular weight excluding hydrogens is 228 g/mol. The van der Waals surface area contributed by atoms with Crippen LogP contribution in [0.5, 0.6) is 0 Å². The maximum Gasteiger partial charge on any atom is 0.0731 e. The van der Waals surface area contributed by atoms with Crippen LogP contribution in [0.25, 0.3) is 0 Å². The summed E-state index contributed by atoms with van der Waals surface area (Å²) in [6, 6.07) is 0.581. The first-order valence-electron chi connectivity index (χ1n) is 7.52. The van der Waals surface area contributed by atoms with Crippen molar-refractivity contribution in [3.63, 3.8) is 0 Å². The summed E-state index contributed by atoms with van der Waals surface area (Å²) >= 11 is 0. The molecule has 0 aromatic carbocycles. The van der Waals surface area contributed by atoms with E-state index in [0.29, 0.717) is 12.1 Å². The highest BCUT2D eigenvalue weighted by Gasteiger charge is 2.45. The molecule has 0 aromatic rings. The van der Waals surface area contributed by atoms with Gasteiger partial charge in [-0.15, -0.1) is 0 Å². The molecule has 0 aromatic heterocycles. The Morgan fingerprint density at radius 3 is 2.83 bits per heavy atom. The summed E-state index contributed by atoms with van der Waals surface area (Å²) in [5.41, 5.74) is 6.21. The lowest BCUT2D eigenvalue weighted by molar-refractivity contribution is -0.151. The lowest BCUT2D eigenvalue weighted by Gasteiger charge is -2.54. The topological polar surface area (TPSA) is 47.7 Å². The van der Waals surface area contributed by atoms with Crippen LogP contribution in [0.4, 0.5) is 0 Å². The molecule has 3 unspecified atom stereocenters. The van der Waals surface area contributed by atoms with Gasteiger partial charge in [-0.25, -0.2) is 0 Å². The Morgan fingerprint density at radius 1 is 1.17 bits per heavy atom. The van der Waals surface area contributed by atoms with E-state index in [-0.39, 0.29) is 5.54 Å². The average Bonchev–Trinajstić information content (AvgIpc) is 2.47. The Kier molecular flexibility index (Phi) is 3.89. The van der Waals surface area contributed by atoms with Gasteiger partial charge in [-0.05, 0) is 25.7 Å². The standard InChI is InChI=1S/C14H26N2O2/c15-10-14(6-3-8-17-11-14)16-7-9-18-13-5-2-1-4-12(13)16/h12-13H,1-11,15H2. The van der Waals surface area contributed by atoms with Crippen molar-refractivity contribution < 1.29 is 9.47 Å². The smallest absolute Gasteiger partial charge is 0.0731 e. The van der Waals surface area contributed by atoms with Crippen LogP contribution in [0.1, 0.15) is 38.5 Å². The Hall–Kier alpha value is -0.160. The van der Waals surface area contributed by atoms with E-state index >= 15 is 0 Å². The molecule has 1 saturated carbocycles. The van der Waals surface area contributed by atoms with Crippen molar-refractivity contribution in [3.8, 4) is 0 Å². The molecule has 4 nitrogen and oxygen atoms in total. The third kappa shape index (κ3) is 2.20. The fraction of sp³-hybridized carbons (Fsp3) is 1.00. The van der Waals surface area contributed by atoms with Crippen LogP contribution in [0, 0.1) is 0 Å². The SMILES string of the molecule is NCC1(N2CCOC3CCCCC32)CCCOC1. The van der Waals surface area contributed by atoms with Crippen LogP contribution in [0.15, 0.2) is 0 Å². The minimum absolute atomic E-state index is 0.0856. The maximum atomic E-state index is 6.13. The summed E-state index contributed by atoms with van der Waals surface area (Å²) in [6.45, 7) is 4.33.